The lowest BCUT2D eigenvalue weighted by Gasteiger charge is -2.05. The van der Waals surface area contributed by atoms with Crippen molar-refractivity contribution in [2.24, 2.45) is 5.73 Å². The van der Waals surface area contributed by atoms with E-state index in [-0.39, 0.29) is 0 Å². The van der Waals surface area contributed by atoms with Crippen LogP contribution in [0, 0.1) is 6.92 Å². The first-order valence-electron chi connectivity index (χ1n) is 6.32. The maximum atomic E-state index is 5.53. The molecule has 0 fully saturated rings. The summed E-state index contributed by atoms with van der Waals surface area (Å²) in [7, 11) is 0. The van der Waals surface area contributed by atoms with E-state index in [9.17, 15) is 0 Å². The van der Waals surface area contributed by atoms with Crippen molar-refractivity contribution in [3.63, 3.8) is 0 Å². The second-order valence-electron chi connectivity index (χ2n) is 4.47. The summed E-state index contributed by atoms with van der Waals surface area (Å²) >= 11 is 1.86. The minimum atomic E-state index is 0.718. The number of hydrogen-bond donors (Lipinski definition) is 2. The predicted octanol–water partition coefficient (Wildman–Crippen LogP) is 2.85. The summed E-state index contributed by atoms with van der Waals surface area (Å²) in [4.78, 5) is 2.77. The molecule has 3 heteroatoms. The SMILES string of the molecule is Cc1ccc(CNCc2ccc(CCN)cc2)s1. The molecule has 96 valence electrons. The largest absolute Gasteiger partial charge is 0.330 e. The Balaban J connectivity index is 1.79. The van der Waals surface area contributed by atoms with Crippen LogP contribution in [0.4, 0.5) is 0 Å². The minimum absolute atomic E-state index is 0.718. The first kappa shape index (κ1) is 13.3. The monoisotopic (exact) mass is 260 g/mol. The van der Waals surface area contributed by atoms with Crippen molar-refractivity contribution in [1.29, 1.82) is 0 Å². The molecule has 0 unspecified atom stereocenters. The number of aryl methyl sites for hydroxylation is 1. The zero-order chi connectivity index (χ0) is 12.8. The van der Waals surface area contributed by atoms with Gasteiger partial charge in [-0.15, -0.1) is 11.3 Å². The van der Waals surface area contributed by atoms with Crippen LogP contribution >= 0.6 is 11.3 Å². The van der Waals surface area contributed by atoms with Gasteiger partial charge in [0.15, 0.2) is 0 Å². The molecule has 3 N–H and O–H groups in total. The third-order valence-corrected chi connectivity index (χ3v) is 3.88. The molecule has 0 radical (unpaired) electrons. The van der Waals surface area contributed by atoms with Gasteiger partial charge in [0.2, 0.25) is 0 Å². The zero-order valence-electron chi connectivity index (χ0n) is 10.8. The van der Waals surface area contributed by atoms with Gasteiger partial charge in [0.1, 0.15) is 0 Å². The van der Waals surface area contributed by atoms with Crippen LogP contribution in [0.3, 0.4) is 0 Å². The number of rotatable bonds is 6. The summed E-state index contributed by atoms with van der Waals surface area (Å²) in [5.41, 5.74) is 8.17. The predicted molar refractivity (Wildman–Crippen MR) is 78.8 cm³/mol. The first-order valence-corrected chi connectivity index (χ1v) is 7.13. The molecule has 0 saturated carbocycles. The molecule has 0 atom stereocenters. The van der Waals surface area contributed by atoms with E-state index >= 15 is 0 Å². The van der Waals surface area contributed by atoms with E-state index in [1.54, 1.807) is 0 Å². The van der Waals surface area contributed by atoms with Crippen molar-refractivity contribution in [3.05, 3.63) is 57.3 Å². The molecule has 0 aliphatic rings. The van der Waals surface area contributed by atoms with Crippen molar-refractivity contribution in [2.45, 2.75) is 26.4 Å². The van der Waals surface area contributed by atoms with Crippen molar-refractivity contribution in [2.75, 3.05) is 6.54 Å². The lowest BCUT2D eigenvalue weighted by atomic mass is 10.1. The highest BCUT2D eigenvalue weighted by Crippen LogP contribution is 2.14. The van der Waals surface area contributed by atoms with Crippen LogP contribution in [-0.4, -0.2) is 6.54 Å². The van der Waals surface area contributed by atoms with Gasteiger partial charge in [-0.3, -0.25) is 0 Å². The first-order chi connectivity index (χ1) is 8.78. The molecule has 0 saturated heterocycles. The summed E-state index contributed by atoms with van der Waals surface area (Å²) in [5.74, 6) is 0. The average Bonchev–Trinajstić information content (AvgIpc) is 2.78. The van der Waals surface area contributed by atoms with E-state index in [1.807, 2.05) is 11.3 Å². The van der Waals surface area contributed by atoms with Crippen LogP contribution in [0.2, 0.25) is 0 Å². The van der Waals surface area contributed by atoms with Gasteiger partial charge in [0.25, 0.3) is 0 Å². The molecule has 2 aromatic rings. The van der Waals surface area contributed by atoms with Crippen LogP contribution in [0.5, 0.6) is 0 Å². The van der Waals surface area contributed by atoms with Crippen molar-refractivity contribution in [3.8, 4) is 0 Å². The van der Waals surface area contributed by atoms with E-state index < -0.39 is 0 Å². The van der Waals surface area contributed by atoms with E-state index in [0.29, 0.717) is 0 Å². The topological polar surface area (TPSA) is 38.0 Å². The maximum Gasteiger partial charge on any atom is 0.0303 e. The average molecular weight is 260 g/mol. The van der Waals surface area contributed by atoms with Gasteiger partial charge in [0, 0.05) is 22.8 Å². The van der Waals surface area contributed by atoms with Gasteiger partial charge in [-0.2, -0.15) is 0 Å². The normalized spacial score (nSPS) is 10.8. The van der Waals surface area contributed by atoms with Crippen molar-refractivity contribution in [1.82, 2.24) is 5.32 Å². The van der Waals surface area contributed by atoms with Gasteiger partial charge in [-0.05, 0) is 43.1 Å². The maximum absolute atomic E-state index is 5.53. The quantitative estimate of drug-likeness (QED) is 0.838. The lowest BCUT2D eigenvalue weighted by molar-refractivity contribution is 0.700. The van der Waals surface area contributed by atoms with Gasteiger partial charge >= 0.3 is 0 Å². The second kappa shape index (κ2) is 6.69. The number of benzene rings is 1. The Labute approximate surface area is 113 Å². The molecule has 1 aromatic carbocycles. The molecule has 1 aromatic heterocycles. The van der Waals surface area contributed by atoms with E-state index in [2.05, 4.69) is 48.6 Å². The highest BCUT2D eigenvalue weighted by atomic mass is 32.1. The van der Waals surface area contributed by atoms with Crippen LogP contribution in [0.15, 0.2) is 36.4 Å². The highest BCUT2D eigenvalue weighted by molar-refractivity contribution is 7.11. The Morgan fingerprint density at radius 3 is 2.33 bits per heavy atom. The van der Waals surface area contributed by atoms with Crippen LogP contribution in [0.25, 0.3) is 0 Å². The lowest BCUT2D eigenvalue weighted by Crippen LogP contribution is -2.11. The van der Waals surface area contributed by atoms with Crippen LogP contribution in [0.1, 0.15) is 20.9 Å². The number of nitrogens with two attached hydrogens (primary N) is 1. The molecule has 0 amide bonds. The van der Waals surface area contributed by atoms with Gasteiger partial charge in [0.05, 0.1) is 0 Å². The van der Waals surface area contributed by atoms with E-state index in [4.69, 9.17) is 5.73 Å². The van der Waals surface area contributed by atoms with Gasteiger partial charge in [-0.25, -0.2) is 0 Å². The molecular formula is C15H20N2S. The number of nitrogens with one attached hydrogen (secondary N) is 1. The minimum Gasteiger partial charge on any atom is -0.330 e. The molecule has 0 aliphatic carbocycles. The summed E-state index contributed by atoms with van der Waals surface area (Å²) in [6.45, 7) is 4.72. The Kier molecular flexibility index (Phi) is 4.93. The van der Waals surface area contributed by atoms with Gasteiger partial charge < -0.3 is 11.1 Å². The van der Waals surface area contributed by atoms with Crippen molar-refractivity contribution < 1.29 is 0 Å². The molecule has 0 aliphatic heterocycles. The molecule has 2 rings (SSSR count). The Hall–Kier alpha value is -1.16. The molecule has 18 heavy (non-hydrogen) atoms. The number of hydrogen-bond acceptors (Lipinski definition) is 3. The molecular weight excluding hydrogens is 240 g/mol. The number of thiophene rings is 1. The summed E-state index contributed by atoms with van der Waals surface area (Å²) in [5, 5.41) is 3.47. The smallest absolute Gasteiger partial charge is 0.0303 e. The van der Waals surface area contributed by atoms with Gasteiger partial charge in [-0.1, -0.05) is 24.3 Å². The second-order valence-corrected chi connectivity index (χ2v) is 5.84. The molecule has 2 nitrogen and oxygen atoms in total. The third-order valence-electron chi connectivity index (χ3n) is 2.88. The fourth-order valence-corrected chi connectivity index (χ4v) is 2.76. The Morgan fingerprint density at radius 2 is 1.72 bits per heavy atom. The fraction of sp³-hybridized carbons (Fsp3) is 0.333. The van der Waals surface area contributed by atoms with Crippen LogP contribution < -0.4 is 11.1 Å². The molecule has 1 heterocycles. The third kappa shape index (κ3) is 3.95. The Morgan fingerprint density at radius 1 is 1.00 bits per heavy atom. The highest BCUT2D eigenvalue weighted by Gasteiger charge is 1.97. The summed E-state index contributed by atoms with van der Waals surface area (Å²) in [6, 6.07) is 13.0. The summed E-state index contributed by atoms with van der Waals surface area (Å²) < 4.78 is 0. The standard InChI is InChI=1S/C15H20N2S/c1-12-2-7-15(18-12)11-17-10-14-5-3-13(4-6-14)8-9-16/h2-7,17H,8-11,16H2,1H3. The van der Waals surface area contributed by atoms with E-state index in [0.717, 1.165) is 26.1 Å². The van der Waals surface area contributed by atoms with E-state index in [1.165, 1.54) is 20.9 Å². The van der Waals surface area contributed by atoms with Crippen molar-refractivity contribution >= 4 is 11.3 Å². The fourth-order valence-electron chi connectivity index (χ4n) is 1.90. The Bertz CT molecular complexity index is 473. The molecule has 0 bridgehead atoms. The van der Waals surface area contributed by atoms with Crippen LogP contribution in [-0.2, 0) is 19.5 Å². The molecule has 0 spiro atoms. The summed E-state index contributed by atoms with van der Waals surface area (Å²) in [6.07, 6.45) is 0.960. The zero-order valence-corrected chi connectivity index (χ0v) is 11.6.